The first kappa shape index (κ1) is 20.7. The van der Waals surface area contributed by atoms with Crippen molar-refractivity contribution >= 4 is 35.4 Å². The molecule has 0 spiro atoms. The molecule has 2 aromatic rings. The summed E-state index contributed by atoms with van der Waals surface area (Å²) in [5.41, 5.74) is 13.3. The van der Waals surface area contributed by atoms with E-state index in [4.69, 9.17) is 16.2 Å². The van der Waals surface area contributed by atoms with E-state index in [1.807, 2.05) is 25.3 Å². The maximum absolute atomic E-state index is 12.9. The largest absolute Gasteiger partial charge is 0.462 e. The third kappa shape index (κ3) is 4.57. The van der Waals surface area contributed by atoms with Gasteiger partial charge in [0.1, 0.15) is 5.82 Å². The number of nitrogen functional groups attached to an aromatic ring is 2. The lowest BCUT2D eigenvalue weighted by Crippen LogP contribution is -2.13. The molecule has 0 aliphatic rings. The molecule has 0 aliphatic heterocycles. The fourth-order valence-corrected chi connectivity index (χ4v) is 3.72. The van der Waals surface area contributed by atoms with Gasteiger partial charge < -0.3 is 20.8 Å². The van der Waals surface area contributed by atoms with E-state index in [1.165, 1.54) is 11.8 Å². The van der Waals surface area contributed by atoms with Crippen LogP contribution in [0.3, 0.4) is 0 Å². The second-order valence-corrected chi connectivity index (χ2v) is 6.76. The van der Waals surface area contributed by atoms with Crippen LogP contribution in [0.4, 0.5) is 11.9 Å². The van der Waals surface area contributed by atoms with E-state index in [0.29, 0.717) is 29.2 Å². The Hall–Kier alpha value is -2.62. The Kier molecular flexibility index (Phi) is 6.78. The molecule has 0 unspecified atom stereocenters. The molecule has 0 atom stereocenters. The summed E-state index contributed by atoms with van der Waals surface area (Å²) in [6, 6.07) is 0. The summed E-state index contributed by atoms with van der Waals surface area (Å²) in [5.74, 6) is 0.376. The lowest BCUT2D eigenvalue weighted by Gasteiger charge is -2.06. The Labute approximate surface area is 161 Å². The van der Waals surface area contributed by atoms with Gasteiger partial charge in [-0.25, -0.2) is 4.79 Å². The summed E-state index contributed by atoms with van der Waals surface area (Å²) in [6.07, 6.45) is 0. The van der Waals surface area contributed by atoms with Crippen LogP contribution in [0, 0.1) is 13.8 Å². The lowest BCUT2D eigenvalue weighted by atomic mass is 10.1. The minimum absolute atomic E-state index is 0.0421. The first-order valence-electron chi connectivity index (χ1n) is 8.53. The molecule has 0 aliphatic carbocycles. The van der Waals surface area contributed by atoms with Crippen LogP contribution in [-0.4, -0.2) is 43.6 Å². The molecular formula is C17H24N6O3S. The number of Topliss-reactive ketones (excluding diaryl/α,β-unsaturated/α-hetero) is 1. The molecule has 9 nitrogen and oxygen atoms in total. The third-order valence-corrected chi connectivity index (χ3v) is 4.97. The maximum Gasteiger partial charge on any atom is 0.340 e. The van der Waals surface area contributed by atoms with Gasteiger partial charge in [-0.1, -0.05) is 0 Å². The quantitative estimate of drug-likeness (QED) is 0.508. The van der Waals surface area contributed by atoms with Crippen LogP contribution >= 0.6 is 11.8 Å². The fourth-order valence-electron chi connectivity index (χ4n) is 2.98. The van der Waals surface area contributed by atoms with Crippen molar-refractivity contribution in [2.75, 3.05) is 23.8 Å². The van der Waals surface area contributed by atoms with E-state index in [9.17, 15) is 9.59 Å². The number of aromatic nitrogens is 4. The minimum atomic E-state index is -0.475. The number of anilines is 2. The lowest BCUT2D eigenvalue weighted by molar-refractivity contribution is 0.0522. The number of ketones is 1. The van der Waals surface area contributed by atoms with Crippen molar-refractivity contribution in [1.82, 2.24) is 19.5 Å². The van der Waals surface area contributed by atoms with E-state index in [-0.39, 0.29) is 30.0 Å². The van der Waals surface area contributed by atoms with E-state index in [0.717, 1.165) is 11.4 Å². The van der Waals surface area contributed by atoms with Crippen LogP contribution in [-0.2, 0) is 17.0 Å². The molecule has 2 rings (SSSR count). The SMILES string of the molecule is CCOC(=O)c1c(C(=O)CSCc2nc(N)nc(N)n2)c(C)n(CC)c1C. The van der Waals surface area contributed by atoms with Crippen LogP contribution in [0.5, 0.6) is 0 Å². The number of esters is 1. The van der Waals surface area contributed by atoms with Crippen molar-refractivity contribution in [2.24, 2.45) is 0 Å². The van der Waals surface area contributed by atoms with Gasteiger partial charge in [0.15, 0.2) is 5.78 Å². The van der Waals surface area contributed by atoms with Crippen LogP contribution in [0.25, 0.3) is 0 Å². The van der Waals surface area contributed by atoms with Crippen LogP contribution in [0.15, 0.2) is 0 Å². The van der Waals surface area contributed by atoms with Gasteiger partial charge in [-0.3, -0.25) is 4.79 Å². The summed E-state index contributed by atoms with van der Waals surface area (Å²) in [4.78, 5) is 36.9. The molecule has 0 aromatic carbocycles. The second-order valence-electron chi connectivity index (χ2n) is 5.77. The zero-order chi connectivity index (χ0) is 20.1. The molecule has 0 saturated heterocycles. The van der Waals surface area contributed by atoms with Crippen molar-refractivity contribution in [2.45, 2.75) is 40.0 Å². The van der Waals surface area contributed by atoms with Crippen molar-refractivity contribution in [3.05, 3.63) is 28.3 Å². The highest BCUT2D eigenvalue weighted by molar-refractivity contribution is 7.99. The highest BCUT2D eigenvalue weighted by Crippen LogP contribution is 2.25. The molecule has 27 heavy (non-hydrogen) atoms. The molecular weight excluding hydrogens is 368 g/mol. The fraction of sp³-hybridized carbons (Fsp3) is 0.471. The van der Waals surface area contributed by atoms with Gasteiger partial charge in [-0.15, -0.1) is 11.8 Å². The number of thioether (sulfide) groups is 1. The molecule has 2 aromatic heterocycles. The average molecular weight is 392 g/mol. The Morgan fingerprint density at radius 1 is 1.04 bits per heavy atom. The normalized spacial score (nSPS) is 10.8. The van der Waals surface area contributed by atoms with Crippen LogP contribution in [0.1, 0.15) is 51.8 Å². The number of ether oxygens (including phenoxy) is 1. The van der Waals surface area contributed by atoms with Gasteiger partial charge in [0.25, 0.3) is 0 Å². The molecule has 146 valence electrons. The Bertz CT molecular complexity index is 845. The Morgan fingerprint density at radius 2 is 1.63 bits per heavy atom. The van der Waals surface area contributed by atoms with Gasteiger partial charge in [-0.2, -0.15) is 15.0 Å². The van der Waals surface area contributed by atoms with Gasteiger partial charge in [-0.05, 0) is 27.7 Å². The number of hydrogen-bond acceptors (Lipinski definition) is 9. The number of nitrogens with two attached hydrogens (primary N) is 2. The summed E-state index contributed by atoms with van der Waals surface area (Å²) >= 11 is 1.32. The predicted molar refractivity (Wildman–Crippen MR) is 105 cm³/mol. The highest BCUT2D eigenvalue weighted by atomic mass is 32.2. The molecule has 0 radical (unpaired) electrons. The average Bonchev–Trinajstić information content (AvgIpc) is 2.84. The number of carbonyl (C=O) groups excluding carboxylic acids is 2. The minimum Gasteiger partial charge on any atom is -0.462 e. The summed E-state index contributed by atoms with van der Waals surface area (Å²) in [6.45, 7) is 8.27. The number of nitrogens with zero attached hydrogens (tertiary/aromatic N) is 4. The van der Waals surface area contributed by atoms with E-state index in [1.54, 1.807) is 6.92 Å². The highest BCUT2D eigenvalue weighted by Gasteiger charge is 2.27. The Morgan fingerprint density at radius 3 is 2.19 bits per heavy atom. The topological polar surface area (TPSA) is 139 Å². The number of hydrogen-bond donors (Lipinski definition) is 2. The van der Waals surface area contributed by atoms with Crippen LogP contribution < -0.4 is 11.5 Å². The summed E-state index contributed by atoms with van der Waals surface area (Å²) in [7, 11) is 0. The smallest absolute Gasteiger partial charge is 0.340 e. The third-order valence-electron chi connectivity index (χ3n) is 4.04. The summed E-state index contributed by atoms with van der Waals surface area (Å²) < 4.78 is 7.09. The molecule has 4 N–H and O–H groups in total. The molecule has 0 bridgehead atoms. The maximum atomic E-state index is 12.9. The van der Waals surface area contributed by atoms with Crippen molar-refractivity contribution < 1.29 is 14.3 Å². The van der Waals surface area contributed by atoms with Crippen molar-refractivity contribution in [1.29, 1.82) is 0 Å². The van der Waals surface area contributed by atoms with Gasteiger partial charge in [0.2, 0.25) is 11.9 Å². The molecule has 0 fully saturated rings. The molecule has 0 saturated carbocycles. The first-order valence-corrected chi connectivity index (χ1v) is 9.69. The molecule has 2 heterocycles. The Balaban J connectivity index is 2.21. The standard InChI is InChI=1S/C17H24N6O3S/c1-5-23-9(3)13(14(10(23)4)15(25)26-6-2)11(24)7-27-8-12-20-16(18)22-17(19)21-12/h5-8H2,1-4H3,(H4,18,19,20,21,22). The zero-order valence-corrected chi connectivity index (χ0v) is 16.7. The number of carbonyl (C=O) groups is 2. The zero-order valence-electron chi connectivity index (χ0n) is 15.9. The molecule has 10 heteroatoms. The van der Waals surface area contributed by atoms with Crippen molar-refractivity contribution in [3.8, 4) is 0 Å². The van der Waals surface area contributed by atoms with E-state index >= 15 is 0 Å². The van der Waals surface area contributed by atoms with E-state index in [2.05, 4.69) is 15.0 Å². The predicted octanol–water partition coefficient (Wildman–Crippen LogP) is 1.77. The summed E-state index contributed by atoms with van der Waals surface area (Å²) in [5, 5.41) is 0. The number of rotatable bonds is 8. The van der Waals surface area contributed by atoms with Gasteiger partial charge >= 0.3 is 5.97 Å². The monoisotopic (exact) mass is 392 g/mol. The van der Waals surface area contributed by atoms with Crippen molar-refractivity contribution in [3.63, 3.8) is 0 Å². The first-order chi connectivity index (χ1) is 12.8. The van der Waals surface area contributed by atoms with Gasteiger partial charge in [0, 0.05) is 17.9 Å². The second kappa shape index (κ2) is 8.85. The van der Waals surface area contributed by atoms with Crippen LogP contribution in [0.2, 0.25) is 0 Å². The molecule has 0 amide bonds. The van der Waals surface area contributed by atoms with E-state index < -0.39 is 5.97 Å². The van der Waals surface area contributed by atoms with Gasteiger partial charge in [0.05, 0.1) is 29.2 Å².